The van der Waals surface area contributed by atoms with Crippen LogP contribution in [0.4, 0.5) is 11.4 Å². The number of amides is 1. The second-order valence-electron chi connectivity index (χ2n) is 11.9. The van der Waals surface area contributed by atoms with E-state index in [1.807, 2.05) is 25.1 Å². The molecule has 1 amide bonds. The van der Waals surface area contributed by atoms with E-state index >= 15 is 0 Å². The van der Waals surface area contributed by atoms with Crippen LogP contribution in [0.15, 0.2) is 18.2 Å². The Morgan fingerprint density at radius 2 is 1.90 bits per heavy atom. The molecule has 12 heteroatoms. The molecule has 4 aliphatic heterocycles. The van der Waals surface area contributed by atoms with Crippen molar-refractivity contribution >= 4 is 27.3 Å². The van der Waals surface area contributed by atoms with Crippen molar-refractivity contribution in [2.45, 2.75) is 89.2 Å². The second kappa shape index (κ2) is 13.7. The van der Waals surface area contributed by atoms with E-state index in [1.54, 1.807) is 13.8 Å². The minimum atomic E-state index is -3.59. The zero-order chi connectivity index (χ0) is 29.0. The third-order valence-electron chi connectivity index (χ3n) is 9.25. The average Bonchev–Trinajstić information content (AvgIpc) is 3.69. The van der Waals surface area contributed by atoms with Gasteiger partial charge in [-0.2, -0.15) is 0 Å². The number of carbonyl (C=O) groups excluding carboxylic acids is 1. The van der Waals surface area contributed by atoms with Gasteiger partial charge in [0.15, 0.2) is 5.44 Å². The van der Waals surface area contributed by atoms with E-state index in [1.165, 1.54) is 36.7 Å². The molecule has 1 aromatic carbocycles. The highest BCUT2D eigenvalue weighted by molar-refractivity contribution is 7.89. The normalized spacial score (nSPS) is 31.4. The highest BCUT2D eigenvalue weighted by Crippen LogP contribution is 2.29. The van der Waals surface area contributed by atoms with Crippen molar-refractivity contribution in [2.24, 2.45) is 5.92 Å². The Morgan fingerprint density at radius 3 is 2.66 bits per heavy atom. The number of anilines is 2. The average molecular weight is 592 g/mol. The van der Waals surface area contributed by atoms with E-state index in [4.69, 9.17) is 4.74 Å². The molecular weight excluding hydrogens is 542 g/mol. The van der Waals surface area contributed by atoms with Crippen molar-refractivity contribution in [3.8, 4) is 0 Å². The summed E-state index contributed by atoms with van der Waals surface area (Å²) in [4.78, 5) is 15.7. The highest BCUT2D eigenvalue weighted by atomic mass is 32.2. The summed E-state index contributed by atoms with van der Waals surface area (Å²) in [6.45, 7) is 12.0. The molecular formula is C29H49N7O4S. The SMILES string of the molecule is CCN(CC)S(=O)(=O)C1CCC(C(=O)Nc2ccc(C)c(NC3NCCC(C4CNCC(N5CCCC5)C4)N3)c2)O1. The summed E-state index contributed by atoms with van der Waals surface area (Å²) < 4.78 is 32.8. The van der Waals surface area contributed by atoms with Gasteiger partial charge in [0, 0.05) is 43.1 Å². The fourth-order valence-electron chi connectivity index (χ4n) is 6.85. The molecule has 0 aliphatic carbocycles. The Bertz CT molecular complexity index is 1140. The van der Waals surface area contributed by atoms with Gasteiger partial charge in [0.1, 0.15) is 12.4 Å². The van der Waals surface area contributed by atoms with E-state index in [0.29, 0.717) is 49.6 Å². The van der Waals surface area contributed by atoms with Crippen LogP contribution < -0.4 is 26.6 Å². The number of likely N-dealkylation sites (tertiary alicyclic amines) is 1. The largest absolute Gasteiger partial charge is 0.357 e. The minimum absolute atomic E-state index is 0.0743. The standard InChI is InChI=1S/C29H49N7O4S/c1-4-36(5-2)41(38,39)27-11-10-26(40-27)28(37)32-22-9-8-20(3)25(17-22)34-29-31-13-12-24(33-29)21-16-23(19-30-18-21)35-14-6-7-15-35/h8-9,17,21,23-24,26-27,29-31,33-34H,4-7,10-16,18-19H2,1-3H3,(H,32,37). The van der Waals surface area contributed by atoms with Crippen molar-refractivity contribution in [3.63, 3.8) is 0 Å². The van der Waals surface area contributed by atoms with E-state index in [-0.39, 0.29) is 12.2 Å². The minimum Gasteiger partial charge on any atom is -0.357 e. The summed E-state index contributed by atoms with van der Waals surface area (Å²) in [5, 5.41) is 17.6. The van der Waals surface area contributed by atoms with Crippen LogP contribution in [0.1, 0.15) is 57.9 Å². The molecule has 5 N–H and O–H groups in total. The first-order chi connectivity index (χ1) is 19.8. The van der Waals surface area contributed by atoms with E-state index in [0.717, 1.165) is 37.3 Å². The maximum absolute atomic E-state index is 13.0. The Hall–Kier alpha value is -1.80. The van der Waals surface area contributed by atoms with Crippen molar-refractivity contribution in [1.82, 2.24) is 25.2 Å². The van der Waals surface area contributed by atoms with Crippen molar-refractivity contribution in [3.05, 3.63) is 23.8 Å². The Labute approximate surface area is 245 Å². The molecule has 1 aromatic rings. The number of aryl methyl sites for hydroxylation is 1. The number of ether oxygens (including phenoxy) is 1. The molecule has 6 unspecified atom stereocenters. The zero-order valence-corrected chi connectivity index (χ0v) is 25.6. The van der Waals surface area contributed by atoms with Crippen LogP contribution in [0, 0.1) is 12.8 Å². The van der Waals surface area contributed by atoms with E-state index < -0.39 is 21.6 Å². The summed E-state index contributed by atoms with van der Waals surface area (Å²) >= 11 is 0. The lowest BCUT2D eigenvalue weighted by Crippen LogP contribution is -2.62. The van der Waals surface area contributed by atoms with Gasteiger partial charge in [-0.05, 0) is 95.2 Å². The number of carbonyl (C=O) groups is 1. The Balaban J connectivity index is 1.16. The van der Waals surface area contributed by atoms with Gasteiger partial charge < -0.3 is 20.7 Å². The molecule has 4 heterocycles. The van der Waals surface area contributed by atoms with Crippen LogP contribution in [0.2, 0.25) is 0 Å². The molecule has 41 heavy (non-hydrogen) atoms. The van der Waals surface area contributed by atoms with Gasteiger partial charge in [0.25, 0.3) is 5.91 Å². The lowest BCUT2D eigenvalue weighted by atomic mass is 9.86. The molecule has 5 rings (SSSR count). The van der Waals surface area contributed by atoms with Crippen molar-refractivity contribution in [2.75, 3.05) is 56.4 Å². The number of piperidine rings is 1. The van der Waals surface area contributed by atoms with Crippen LogP contribution >= 0.6 is 0 Å². The quantitative estimate of drug-likeness (QED) is 0.277. The molecule has 230 valence electrons. The molecule has 0 radical (unpaired) electrons. The van der Waals surface area contributed by atoms with Gasteiger partial charge in [-0.15, -0.1) is 0 Å². The van der Waals surface area contributed by atoms with Gasteiger partial charge in [0.2, 0.25) is 10.0 Å². The van der Waals surface area contributed by atoms with Crippen LogP contribution in [0.5, 0.6) is 0 Å². The van der Waals surface area contributed by atoms with Crippen LogP contribution in [0.3, 0.4) is 0 Å². The summed E-state index contributed by atoms with van der Waals surface area (Å²) in [7, 11) is -3.59. The molecule has 0 aromatic heterocycles. The number of hydrogen-bond donors (Lipinski definition) is 5. The van der Waals surface area contributed by atoms with Gasteiger partial charge in [0.05, 0.1) is 0 Å². The number of sulfonamides is 1. The number of hydrogen-bond acceptors (Lipinski definition) is 9. The lowest BCUT2D eigenvalue weighted by Gasteiger charge is -2.42. The Kier molecular flexibility index (Phi) is 10.2. The number of nitrogens with one attached hydrogen (secondary N) is 5. The monoisotopic (exact) mass is 591 g/mol. The first kappa shape index (κ1) is 30.7. The first-order valence-electron chi connectivity index (χ1n) is 15.5. The van der Waals surface area contributed by atoms with Crippen LogP contribution in [-0.2, 0) is 19.6 Å². The lowest BCUT2D eigenvalue weighted by molar-refractivity contribution is -0.125. The van der Waals surface area contributed by atoms with Gasteiger partial charge >= 0.3 is 0 Å². The Morgan fingerprint density at radius 1 is 1.12 bits per heavy atom. The number of rotatable bonds is 10. The first-order valence-corrected chi connectivity index (χ1v) is 17.1. The smallest absolute Gasteiger partial charge is 0.253 e. The molecule has 11 nitrogen and oxygen atoms in total. The molecule has 0 saturated carbocycles. The number of nitrogens with zero attached hydrogens (tertiary/aromatic N) is 2. The number of benzene rings is 1. The predicted molar refractivity (Wildman–Crippen MR) is 162 cm³/mol. The van der Waals surface area contributed by atoms with Crippen LogP contribution in [-0.4, -0.2) is 99.3 Å². The molecule has 6 atom stereocenters. The molecule has 0 spiro atoms. The van der Waals surface area contributed by atoms with Crippen LogP contribution in [0.25, 0.3) is 0 Å². The zero-order valence-electron chi connectivity index (χ0n) is 24.8. The van der Waals surface area contributed by atoms with Crippen molar-refractivity contribution in [1.29, 1.82) is 0 Å². The van der Waals surface area contributed by atoms with E-state index in [2.05, 4.69) is 31.5 Å². The maximum atomic E-state index is 13.0. The fraction of sp³-hybridized carbons (Fsp3) is 0.759. The van der Waals surface area contributed by atoms with Gasteiger partial charge in [-0.25, -0.2) is 12.7 Å². The van der Waals surface area contributed by atoms with Gasteiger partial charge in [-0.1, -0.05) is 19.9 Å². The second-order valence-corrected chi connectivity index (χ2v) is 14.0. The third-order valence-corrected chi connectivity index (χ3v) is 11.5. The molecule has 0 bridgehead atoms. The summed E-state index contributed by atoms with van der Waals surface area (Å²) in [5.41, 5.74) is 1.68. The summed E-state index contributed by atoms with van der Waals surface area (Å²) in [6, 6.07) is 6.85. The molecule has 4 aliphatic rings. The molecule has 4 saturated heterocycles. The van der Waals surface area contributed by atoms with Crippen molar-refractivity contribution < 1.29 is 17.9 Å². The predicted octanol–water partition coefficient (Wildman–Crippen LogP) is 1.83. The topological polar surface area (TPSA) is 127 Å². The summed E-state index contributed by atoms with van der Waals surface area (Å²) in [6.07, 6.45) is 4.80. The summed E-state index contributed by atoms with van der Waals surface area (Å²) in [5.74, 6) is 0.275. The van der Waals surface area contributed by atoms with E-state index in [9.17, 15) is 13.2 Å². The van der Waals surface area contributed by atoms with Gasteiger partial charge in [-0.3, -0.25) is 20.3 Å². The highest BCUT2D eigenvalue weighted by Gasteiger charge is 2.41. The molecule has 4 fully saturated rings. The maximum Gasteiger partial charge on any atom is 0.253 e. The third kappa shape index (κ3) is 7.23. The fourth-order valence-corrected chi connectivity index (χ4v) is 8.61.